The molecule has 132 valence electrons. The Hall–Kier alpha value is -2.00. The topological polar surface area (TPSA) is 21.7 Å². The van der Waals surface area contributed by atoms with Crippen molar-refractivity contribution in [2.24, 2.45) is 0 Å². The normalized spacial score (nSPS) is 22.0. The Balaban J connectivity index is 1.82. The molecule has 0 aromatic heterocycles. The number of hydrogen-bond acceptors (Lipinski definition) is 3. The molecule has 1 unspecified atom stereocenters. The van der Waals surface area contributed by atoms with E-state index < -0.39 is 0 Å². The Kier molecular flexibility index (Phi) is 3.99. The highest BCUT2D eigenvalue weighted by Crippen LogP contribution is 2.44. The molecule has 2 aromatic rings. The highest BCUT2D eigenvalue weighted by molar-refractivity contribution is 5.51. The first-order chi connectivity index (χ1) is 12.0. The van der Waals surface area contributed by atoms with Crippen molar-refractivity contribution in [1.82, 2.24) is 4.90 Å². The number of aryl methyl sites for hydroxylation is 2. The lowest BCUT2D eigenvalue weighted by Crippen LogP contribution is -2.45. The summed E-state index contributed by atoms with van der Waals surface area (Å²) in [6.45, 7) is 7.84. The van der Waals surface area contributed by atoms with Crippen LogP contribution in [0.15, 0.2) is 24.3 Å². The Morgan fingerprint density at radius 2 is 1.64 bits per heavy atom. The first kappa shape index (κ1) is 16.5. The summed E-state index contributed by atoms with van der Waals surface area (Å²) >= 11 is 0. The van der Waals surface area contributed by atoms with Gasteiger partial charge >= 0.3 is 0 Å². The van der Waals surface area contributed by atoms with Gasteiger partial charge in [0.2, 0.25) is 0 Å². The van der Waals surface area contributed by atoms with Crippen LogP contribution in [0.25, 0.3) is 0 Å². The van der Waals surface area contributed by atoms with Crippen LogP contribution in [-0.4, -0.2) is 25.2 Å². The van der Waals surface area contributed by atoms with Crippen LogP contribution < -0.4 is 9.47 Å². The molecule has 0 N–H and O–H groups in total. The summed E-state index contributed by atoms with van der Waals surface area (Å²) in [5.41, 5.74) is 8.63. The SMILES string of the molecule is COc1cc2c(cc1OC)C1Cc3cc(C)cc(C)c3CN1[C@H](C)C2. The smallest absolute Gasteiger partial charge is 0.161 e. The fourth-order valence-electron chi connectivity index (χ4n) is 4.72. The lowest BCUT2D eigenvalue weighted by molar-refractivity contribution is 0.105. The van der Waals surface area contributed by atoms with Crippen molar-refractivity contribution in [3.05, 3.63) is 57.6 Å². The Labute approximate surface area is 150 Å². The second-order valence-corrected chi connectivity index (χ2v) is 7.57. The number of ether oxygens (including phenoxy) is 2. The fraction of sp³-hybridized carbons (Fsp3) is 0.455. The zero-order chi connectivity index (χ0) is 17.7. The molecule has 0 radical (unpaired) electrons. The quantitative estimate of drug-likeness (QED) is 0.812. The molecule has 2 aromatic carbocycles. The van der Waals surface area contributed by atoms with Crippen LogP contribution in [0, 0.1) is 13.8 Å². The van der Waals surface area contributed by atoms with Crippen molar-refractivity contribution in [1.29, 1.82) is 0 Å². The van der Waals surface area contributed by atoms with Gasteiger partial charge in [0.25, 0.3) is 0 Å². The van der Waals surface area contributed by atoms with Gasteiger partial charge in [0, 0.05) is 18.6 Å². The van der Waals surface area contributed by atoms with E-state index in [0.29, 0.717) is 12.1 Å². The Morgan fingerprint density at radius 1 is 0.920 bits per heavy atom. The maximum absolute atomic E-state index is 5.57. The lowest BCUT2D eigenvalue weighted by Gasteiger charge is -2.46. The zero-order valence-electron chi connectivity index (χ0n) is 15.8. The molecule has 3 nitrogen and oxygen atoms in total. The summed E-state index contributed by atoms with van der Waals surface area (Å²) in [6.07, 6.45) is 2.14. The molecule has 0 spiro atoms. The van der Waals surface area contributed by atoms with E-state index >= 15 is 0 Å². The van der Waals surface area contributed by atoms with Gasteiger partial charge in [-0.15, -0.1) is 0 Å². The largest absolute Gasteiger partial charge is 0.493 e. The van der Waals surface area contributed by atoms with Crippen molar-refractivity contribution in [2.45, 2.75) is 52.2 Å². The molecule has 4 rings (SSSR count). The van der Waals surface area contributed by atoms with E-state index in [9.17, 15) is 0 Å². The molecular weight excluding hydrogens is 310 g/mol. The molecule has 0 amide bonds. The van der Waals surface area contributed by atoms with Crippen molar-refractivity contribution in [3.63, 3.8) is 0 Å². The van der Waals surface area contributed by atoms with E-state index in [4.69, 9.17) is 9.47 Å². The molecule has 2 aliphatic heterocycles. The first-order valence-corrected chi connectivity index (χ1v) is 9.11. The third kappa shape index (κ3) is 2.62. The standard InChI is InChI=1S/C22H27NO2/c1-13-6-14(2)19-12-23-15(3)8-17-10-21(24-4)22(25-5)11-18(17)20(23)9-16(19)7-13/h6-7,10-11,15,20H,8-9,12H2,1-5H3/t15-,20?/m1/s1. The van der Waals surface area contributed by atoms with Gasteiger partial charge in [0.05, 0.1) is 14.2 Å². The van der Waals surface area contributed by atoms with Crippen LogP contribution in [0.1, 0.15) is 46.3 Å². The molecule has 0 saturated heterocycles. The van der Waals surface area contributed by atoms with Gasteiger partial charge in [-0.2, -0.15) is 0 Å². The average Bonchev–Trinajstić information content (AvgIpc) is 2.59. The van der Waals surface area contributed by atoms with E-state index in [-0.39, 0.29) is 0 Å². The van der Waals surface area contributed by atoms with Crippen molar-refractivity contribution >= 4 is 0 Å². The summed E-state index contributed by atoms with van der Waals surface area (Å²) in [6, 6.07) is 10.0. The third-order valence-electron chi connectivity index (χ3n) is 5.95. The predicted octanol–water partition coefficient (Wildman–Crippen LogP) is 4.36. The van der Waals surface area contributed by atoms with Gasteiger partial charge in [-0.05, 0) is 73.6 Å². The molecule has 0 saturated carbocycles. The Morgan fingerprint density at radius 3 is 2.36 bits per heavy atom. The molecule has 2 atom stereocenters. The van der Waals surface area contributed by atoms with Crippen LogP contribution >= 0.6 is 0 Å². The zero-order valence-corrected chi connectivity index (χ0v) is 15.8. The van der Waals surface area contributed by atoms with Crippen LogP contribution in [-0.2, 0) is 19.4 Å². The van der Waals surface area contributed by atoms with Crippen molar-refractivity contribution in [2.75, 3.05) is 14.2 Å². The highest BCUT2D eigenvalue weighted by Gasteiger charge is 2.37. The van der Waals surface area contributed by atoms with E-state index in [2.05, 4.69) is 49.9 Å². The van der Waals surface area contributed by atoms with Gasteiger partial charge in [-0.25, -0.2) is 0 Å². The molecule has 3 heteroatoms. The minimum atomic E-state index is 0.423. The predicted molar refractivity (Wildman–Crippen MR) is 101 cm³/mol. The first-order valence-electron chi connectivity index (χ1n) is 9.11. The number of fused-ring (bicyclic) bond motifs is 4. The van der Waals surface area contributed by atoms with Crippen LogP contribution in [0.2, 0.25) is 0 Å². The number of nitrogens with zero attached hydrogens (tertiary/aromatic N) is 1. The lowest BCUT2D eigenvalue weighted by atomic mass is 9.80. The summed E-state index contributed by atoms with van der Waals surface area (Å²) < 4.78 is 11.1. The maximum Gasteiger partial charge on any atom is 0.161 e. The van der Waals surface area contributed by atoms with Crippen LogP contribution in [0.5, 0.6) is 11.5 Å². The second-order valence-electron chi connectivity index (χ2n) is 7.57. The van der Waals surface area contributed by atoms with Gasteiger partial charge in [0.1, 0.15) is 0 Å². The number of hydrogen-bond donors (Lipinski definition) is 0. The number of rotatable bonds is 2. The van der Waals surface area contributed by atoms with E-state index in [1.54, 1.807) is 14.2 Å². The number of benzene rings is 2. The highest BCUT2D eigenvalue weighted by atomic mass is 16.5. The van der Waals surface area contributed by atoms with E-state index in [1.165, 1.54) is 33.4 Å². The van der Waals surface area contributed by atoms with Crippen molar-refractivity contribution < 1.29 is 9.47 Å². The molecule has 2 aliphatic rings. The van der Waals surface area contributed by atoms with Crippen molar-refractivity contribution in [3.8, 4) is 11.5 Å². The maximum atomic E-state index is 5.57. The number of methoxy groups -OCH3 is 2. The van der Waals surface area contributed by atoms with E-state index in [1.807, 2.05) is 0 Å². The molecular formula is C22H27NO2. The minimum Gasteiger partial charge on any atom is -0.493 e. The summed E-state index contributed by atoms with van der Waals surface area (Å²) in [4.78, 5) is 2.67. The van der Waals surface area contributed by atoms with Crippen LogP contribution in [0.4, 0.5) is 0 Å². The molecule has 0 bridgehead atoms. The van der Waals surface area contributed by atoms with Gasteiger partial charge in [0.15, 0.2) is 11.5 Å². The van der Waals surface area contributed by atoms with E-state index in [0.717, 1.165) is 30.9 Å². The van der Waals surface area contributed by atoms with Crippen LogP contribution in [0.3, 0.4) is 0 Å². The Bertz CT molecular complexity index is 827. The summed E-state index contributed by atoms with van der Waals surface area (Å²) in [5.74, 6) is 1.67. The molecule has 25 heavy (non-hydrogen) atoms. The molecule has 2 heterocycles. The summed E-state index contributed by atoms with van der Waals surface area (Å²) in [7, 11) is 3.43. The second kappa shape index (κ2) is 6.06. The molecule has 0 fully saturated rings. The monoisotopic (exact) mass is 337 g/mol. The fourth-order valence-corrected chi connectivity index (χ4v) is 4.72. The third-order valence-corrected chi connectivity index (χ3v) is 5.95. The summed E-state index contributed by atoms with van der Waals surface area (Å²) in [5, 5.41) is 0. The minimum absolute atomic E-state index is 0.423. The van der Waals surface area contributed by atoms with Gasteiger partial charge in [-0.1, -0.05) is 17.7 Å². The molecule has 0 aliphatic carbocycles. The average molecular weight is 337 g/mol. The van der Waals surface area contributed by atoms with Gasteiger partial charge in [-0.3, -0.25) is 4.90 Å². The van der Waals surface area contributed by atoms with Gasteiger partial charge < -0.3 is 9.47 Å².